The molecule has 1 saturated heterocycles. The normalized spacial score (nSPS) is 16.1. The Morgan fingerprint density at radius 1 is 1.27 bits per heavy atom. The summed E-state index contributed by atoms with van der Waals surface area (Å²) < 4.78 is 0. The van der Waals surface area contributed by atoms with Gasteiger partial charge in [-0.25, -0.2) is 0 Å². The van der Waals surface area contributed by atoms with Crippen LogP contribution < -0.4 is 0 Å². The van der Waals surface area contributed by atoms with Crippen molar-refractivity contribution in [1.29, 1.82) is 0 Å². The van der Waals surface area contributed by atoms with E-state index in [2.05, 4.69) is 4.98 Å². The van der Waals surface area contributed by atoms with Gasteiger partial charge < -0.3 is 4.90 Å². The van der Waals surface area contributed by atoms with Gasteiger partial charge in [-0.3, -0.25) is 14.6 Å². The van der Waals surface area contributed by atoms with E-state index in [0.717, 1.165) is 12.0 Å². The molecule has 2 rings (SSSR count). The molecule has 1 aliphatic rings. The summed E-state index contributed by atoms with van der Waals surface area (Å²) in [4.78, 5) is 27.8. The monoisotopic (exact) mass is 204 g/mol. The first-order chi connectivity index (χ1) is 7.27. The Morgan fingerprint density at radius 3 is 2.60 bits per heavy atom. The van der Waals surface area contributed by atoms with E-state index in [4.69, 9.17) is 0 Å². The van der Waals surface area contributed by atoms with Gasteiger partial charge in [0.25, 0.3) is 5.91 Å². The quantitative estimate of drug-likeness (QED) is 0.671. The summed E-state index contributed by atoms with van der Waals surface area (Å²) in [5, 5.41) is 0. The third kappa shape index (κ3) is 2.21. The van der Waals surface area contributed by atoms with Gasteiger partial charge in [-0.1, -0.05) is 0 Å². The Labute approximate surface area is 87.9 Å². The molecule has 0 aliphatic carbocycles. The molecular weight excluding hydrogens is 192 g/mol. The van der Waals surface area contributed by atoms with Gasteiger partial charge in [-0.2, -0.15) is 0 Å². The van der Waals surface area contributed by atoms with Crippen LogP contribution in [0.2, 0.25) is 0 Å². The van der Waals surface area contributed by atoms with Crippen molar-refractivity contribution in [1.82, 2.24) is 9.88 Å². The van der Waals surface area contributed by atoms with Crippen molar-refractivity contribution < 1.29 is 9.59 Å². The van der Waals surface area contributed by atoms with Gasteiger partial charge in [-0.05, 0) is 24.1 Å². The zero-order chi connectivity index (χ0) is 10.7. The third-order valence-electron chi connectivity index (χ3n) is 2.55. The highest BCUT2D eigenvalue weighted by Gasteiger charge is 2.28. The van der Waals surface area contributed by atoms with Crippen molar-refractivity contribution >= 4 is 11.7 Å². The smallest absolute Gasteiger partial charge is 0.290 e. The van der Waals surface area contributed by atoms with Crippen LogP contribution in [-0.2, 0) is 16.0 Å². The maximum absolute atomic E-state index is 11.3. The number of carbonyl (C=O) groups is 2. The van der Waals surface area contributed by atoms with Gasteiger partial charge in [0, 0.05) is 31.9 Å². The Morgan fingerprint density at radius 2 is 2.00 bits per heavy atom. The number of pyridine rings is 1. The van der Waals surface area contributed by atoms with Gasteiger partial charge in [-0.15, -0.1) is 0 Å². The van der Waals surface area contributed by atoms with Crippen LogP contribution in [0.1, 0.15) is 12.0 Å². The summed E-state index contributed by atoms with van der Waals surface area (Å²) in [6.45, 7) is 1.19. The Kier molecular flexibility index (Phi) is 2.76. The number of aromatic nitrogens is 1. The van der Waals surface area contributed by atoms with Gasteiger partial charge in [0.05, 0.1) is 0 Å². The molecule has 0 bridgehead atoms. The lowest BCUT2D eigenvalue weighted by Gasteiger charge is -2.13. The van der Waals surface area contributed by atoms with Gasteiger partial charge in [0.1, 0.15) is 0 Å². The molecule has 0 radical (unpaired) electrons. The van der Waals surface area contributed by atoms with E-state index in [0.29, 0.717) is 19.5 Å². The zero-order valence-corrected chi connectivity index (χ0v) is 8.35. The minimum Gasteiger partial charge on any atom is -0.335 e. The van der Waals surface area contributed by atoms with Crippen LogP contribution in [0.4, 0.5) is 0 Å². The van der Waals surface area contributed by atoms with E-state index in [1.165, 1.54) is 0 Å². The van der Waals surface area contributed by atoms with Crippen LogP contribution in [0.25, 0.3) is 0 Å². The molecule has 1 fully saturated rings. The Bertz CT molecular complexity index is 375. The summed E-state index contributed by atoms with van der Waals surface area (Å²) in [7, 11) is 0. The fourth-order valence-corrected chi connectivity index (χ4v) is 1.65. The minimum atomic E-state index is -0.330. The second-order valence-electron chi connectivity index (χ2n) is 3.57. The highest BCUT2D eigenvalue weighted by atomic mass is 16.2. The highest BCUT2D eigenvalue weighted by Crippen LogP contribution is 2.08. The van der Waals surface area contributed by atoms with Crippen molar-refractivity contribution in [2.75, 3.05) is 13.1 Å². The van der Waals surface area contributed by atoms with Crippen LogP contribution in [0.3, 0.4) is 0 Å². The molecule has 1 aliphatic heterocycles. The molecule has 1 aromatic heterocycles. The zero-order valence-electron chi connectivity index (χ0n) is 8.35. The molecule has 0 unspecified atom stereocenters. The van der Waals surface area contributed by atoms with Crippen molar-refractivity contribution in [3.8, 4) is 0 Å². The second-order valence-corrected chi connectivity index (χ2v) is 3.57. The van der Waals surface area contributed by atoms with Crippen LogP contribution in [-0.4, -0.2) is 34.7 Å². The number of nitrogens with zero attached hydrogens (tertiary/aromatic N) is 2. The average molecular weight is 204 g/mol. The fourth-order valence-electron chi connectivity index (χ4n) is 1.65. The molecule has 0 N–H and O–H groups in total. The molecule has 0 atom stereocenters. The van der Waals surface area contributed by atoms with Crippen LogP contribution in [0, 0.1) is 0 Å². The first kappa shape index (κ1) is 9.83. The SMILES string of the molecule is O=C1CCN(CCc2ccncc2)C1=O. The first-order valence-electron chi connectivity index (χ1n) is 4.98. The molecule has 4 heteroatoms. The Balaban J connectivity index is 1.89. The molecule has 15 heavy (non-hydrogen) atoms. The highest BCUT2D eigenvalue weighted by molar-refractivity contribution is 6.37. The average Bonchev–Trinajstić information content (AvgIpc) is 2.59. The molecule has 78 valence electrons. The van der Waals surface area contributed by atoms with E-state index < -0.39 is 0 Å². The van der Waals surface area contributed by atoms with Crippen molar-refractivity contribution in [3.05, 3.63) is 30.1 Å². The largest absolute Gasteiger partial charge is 0.335 e. The van der Waals surface area contributed by atoms with Crippen LogP contribution in [0.5, 0.6) is 0 Å². The molecule has 0 saturated carbocycles. The topological polar surface area (TPSA) is 50.3 Å². The Hall–Kier alpha value is -1.71. The lowest BCUT2D eigenvalue weighted by molar-refractivity contribution is -0.139. The maximum Gasteiger partial charge on any atom is 0.290 e. The van der Waals surface area contributed by atoms with E-state index >= 15 is 0 Å². The number of rotatable bonds is 3. The van der Waals surface area contributed by atoms with Crippen LogP contribution in [0.15, 0.2) is 24.5 Å². The first-order valence-corrected chi connectivity index (χ1v) is 4.98. The summed E-state index contributed by atoms with van der Waals surface area (Å²) in [6.07, 6.45) is 4.61. The molecule has 0 spiro atoms. The molecule has 2 heterocycles. The molecular formula is C11H12N2O2. The standard InChI is InChI=1S/C11H12N2O2/c14-10-4-8-13(11(10)15)7-3-9-1-5-12-6-2-9/h1-2,5-6H,3-4,7-8H2. The van der Waals surface area contributed by atoms with Crippen molar-refractivity contribution in [2.24, 2.45) is 0 Å². The molecule has 0 aromatic carbocycles. The predicted molar refractivity (Wildman–Crippen MR) is 54.1 cm³/mol. The lowest BCUT2D eigenvalue weighted by Crippen LogP contribution is -2.29. The van der Waals surface area contributed by atoms with Gasteiger partial charge in [0.2, 0.25) is 5.78 Å². The molecule has 4 nitrogen and oxygen atoms in total. The number of carbonyl (C=O) groups excluding carboxylic acids is 2. The number of Topliss-reactive ketones (excluding diaryl/α,β-unsaturated/α-hetero) is 1. The van der Waals surface area contributed by atoms with E-state index in [-0.39, 0.29) is 11.7 Å². The number of amides is 1. The van der Waals surface area contributed by atoms with Gasteiger partial charge >= 0.3 is 0 Å². The fraction of sp³-hybridized carbons (Fsp3) is 0.364. The number of likely N-dealkylation sites (tertiary alicyclic amines) is 1. The number of hydrogen-bond acceptors (Lipinski definition) is 3. The summed E-state index contributed by atoms with van der Waals surface area (Å²) in [6, 6.07) is 3.84. The van der Waals surface area contributed by atoms with E-state index in [1.807, 2.05) is 12.1 Å². The lowest BCUT2D eigenvalue weighted by atomic mass is 10.2. The summed E-state index contributed by atoms with van der Waals surface area (Å²) >= 11 is 0. The maximum atomic E-state index is 11.3. The second kappa shape index (κ2) is 4.21. The van der Waals surface area contributed by atoms with E-state index in [1.54, 1.807) is 17.3 Å². The minimum absolute atomic E-state index is 0.260. The van der Waals surface area contributed by atoms with E-state index in [9.17, 15) is 9.59 Å². The van der Waals surface area contributed by atoms with Crippen LogP contribution >= 0.6 is 0 Å². The summed E-state index contributed by atoms with van der Waals surface area (Å²) in [5.41, 5.74) is 1.14. The predicted octanol–water partition coefficient (Wildman–Crippen LogP) is 0.425. The number of hydrogen-bond donors (Lipinski definition) is 0. The van der Waals surface area contributed by atoms with Crippen molar-refractivity contribution in [2.45, 2.75) is 12.8 Å². The molecule has 1 amide bonds. The number of ketones is 1. The molecule has 1 aromatic rings. The van der Waals surface area contributed by atoms with Gasteiger partial charge in [0.15, 0.2) is 0 Å². The third-order valence-corrected chi connectivity index (χ3v) is 2.55. The van der Waals surface area contributed by atoms with Crippen molar-refractivity contribution in [3.63, 3.8) is 0 Å². The summed E-state index contributed by atoms with van der Waals surface area (Å²) in [5.74, 6) is -0.589.